The fraction of sp³-hybridized carbons (Fsp3) is 0.182. The van der Waals surface area contributed by atoms with Gasteiger partial charge < -0.3 is 5.73 Å². The van der Waals surface area contributed by atoms with E-state index in [1.807, 2.05) is 5.38 Å². The van der Waals surface area contributed by atoms with Crippen molar-refractivity contribution in [1.29, 1.82) is 0 Å². The molecule has 2 rings (SSSR count). The molecule has 5 heteroatoms. The number of thiazole rings is 1. The van der Waals surface area contributed by atoms with Gasteiger partial charge in [-0.3, -0.25) is 0 Å². The van der Waals surface area contributed by atoms with Crippen LogP contribution in [0.25, 0.3) is 10.6 Å². The van der Waals surface area contributed by atoms with Crippen LogP contribution in [-0.2, 0) is 6.42 Å². The molecule has 0 fully saturated rings. The summed E-state index contributed by atoms with van der Waals surface area (Å²) in [6.07, 6.45) is 0.646. The molecule has 0 aliphatic rings. The van der Waals surface area contributed by atoms with Gasteiger partial charge in [0.15, 0.2) is 0 Å². The van der Waals surface area contributed by atoms with Gasteiger partial charge in [0, 0.05) is 17.4 Å². The van der Waals surface area contributed by atoms with E-state index in [9.17, 15) is 8.78 Å². The molecule has 0 aliphatic heterocycles. The summed E-state index contributed by atoms with van der Waals surface area (Å²) in [5.41, 5.74) is 6.41. The van der Waals surface area contributed by atoms with Crippen molar-refractivity contribution >= 4 is 11.3 Å². The molecule has 84 valence electrons. The highest BCUT2D eigenvalue weighted by Crippen LogP contribution is 2.27. The van der Waals surface area contributed by atoms with Crippen LogP contribution in [0.3, 0.4) is 0 Å². The predicted octanol–water partition coefficient (Wildman–Crippen LogP) is 2.59. The number of nitrogens with two attached hydrogens (primary N) is 1. The molecular formula is C11H10F2N2S. The standard InChI is InChI=1S/C11H10F2N2S/c12-7-1-2-10(13)9(5-7)11-15-8(3-4-14)6-16-11/h1-2,5-6H,3-4,14H2. The zero-order chi connectivity index (χ0) is 11.5. The first-order valence-corrected chi connectivity index (χ1v) is 5.68. The molecule has 16 heavy (non-hydrogen) atoms. The molecule has 2 nitrogen and oxygen atoms in total. The maximum absolute atomic E-state index is 13.4. The van der Waals surface area contributed by atoms with Crippen molar-refractivity contribution in [2.45, 2.75) is 6.42 Å². The lowest BCUT2D eigenvalue weighted by Gasteiger charge is -1.98. The molecule has 0 saturated heterocycles. The molecule has 1 aromatic carbocycles. The quantitative estimate of drug-likeness (QED) is 0.895. The van der Waals surface area contributed by atoms with Crippen molar-refractivity contribution < 1.29 is 8.78 Å². The van der Waals surface area contributed by atoms with Crippen molar-refractivity contribution in [3.63, 3.8) is 0 Å². The summed E-state index contributed by atoms with van der Waals surface area (Å²) in [5, 5.41) is 2.30. The number of nitrogens with zero attached hydrogens (tertiary/aromatic N) is 1. The van der Waals surface area contributed by atoms with Crippen LogP contribution >= 0.6 is 11.3 Å². The van der Waals surface area contributed by atoms with Crippen molar-refractivity contribution in [3.05, 3.63) is 40.9 Å². The van der Waals surface area contributed by atoms with Gasteiger partial charge in [0.2, 0.25) is 0 Å². The van der Waals surface area contributed by atoms with E-state index in [1.54, 1.807) is 0 Å². The van der Waals surface area contributed by atoms with Crippen molar-refractivity contribution in [2.24, 2.45) is 5.73 Å². The lowest BCUT2D eigenvalue weighted by Crippen LogP contribution is -2.02. The predicted molar refractivity (Wildman–Crippen MR) is 60.2 cm³/mol. The Bertz CT molecular complexity index is 496. The van der Waals surface area contributed by atoms with Crippen LogP contribution < -0.4 is 5.73 Å². The van der Waals surface area contributed by atoms with Gasteiger partial charge in [-0.05, 0) is 24.7 Å². The van der Waals surface area contributed by atoms with E-state index in [0.29, 0.717) is 18.0 Å². The molecular weight excluding hydrogens is 230 g/mol. The molecule has 0 atom stereocenters. The van der Waals surface area contributed by atoms with Crippen LogP contribution in [0.5, 0.6) is 0 Å². The Balaban J connectivity index is 2.38. The summed E-state index contributed by atoms with van der Waals surface area (Å²) in [5.74, 6) is -0.929. The smallest absolute Gasteiger partial charge is 0.133 e. The van der Waals surface area contributed by atoms with Gasteiger partial charge in [-0.25, -0.2) is 13.8 Å². The third kappa shape index (κ3) is 2.25. The summed E-state index contributed by atoms with van der Waals surface area (Å²) in [6, 6.07) is 3.35. The lowest BCUT2D eigenvalue weighted by atomic mass is 10.2. The average molecular weight is 240 g/mol. The van der Waals surface area contributed by atoms with Crippen LogP contribution in [0.4, 0.5) is 8.78 Å². The minimum atomic E-state index is -0.466. The van der Waals surface area contributed by atoms with Gasteiger partial charge in [0.25, 0.3) is 0 Å². The van der Waals surface area contributed by atoms with Crippen molar-refractivity contribution in [1.82, 2.24) is 4.98 Å². The minimum Gasteiger partial charge on any atom is -0.330 e. The van der Waals surface area contributed by atoms with E-state index in [2.05, 4.69) is 4.98 Å². The average Bonchev–Trinajstić information content (AvgIpc) is 2.71. The second kappa shape index (κ2) is 4.67. The lowest BCUT2D eigenvalue weighted by molar-refractivity contribution is 0.603. The van der Waals surface area contributed by atoms with E-state index in [1.165, 1.54) is 11.3 Å². The number of hydrogen-bond donors (Lipinski definition) is 1. The van der Waals surface area contributed by atoms with Crippen LogP contribution in [0.15, 0.2) is 23.6 Å². The van der Waals surface area contributed by atoms with Gasteiger partial charge in [-0.2, -0.15) is 0 Å². The summed E-state index contributed by atoms with van der Waals surface area (Å²) < 4.78 is 26.4. The fourth-order valence-electron chi connectivity index (χ4n) is 1.35. The van der Waals surface area contributed by atoms with E-state index in [4.69, 9.17) is 5.73 Å². The van der Waals surface area contributed by atoms with Gasteiger partial charge in [0.05, 0.1) is 5.69 Å². The van der Waals surface area contributed by atoms with E-state index >= 15 is 0 Å². The molecule has 1 heterocycles. The maximum atomic E-state index is 13.4. The molecule has 0 unspecified atom stereocenters. The number of rotatable bonds is 3. The SMILES string of the molecule is NCCc1csc(-c2cc(F)ccc2F)n1. The van der Waals surface area contributed by atoms with Crippen LogP contribution in [0.2, 0.25) is 0 Å². The Labute approximate surface area is 95.7 Å². The fourth-order valence-corrected chi connectivity index (χ4v) is 2.23. The number of hydrogen-bond acceptors (Lipinski definition) is 3. The van der Waals surface area contributed by atoms with E-state index in [-0.39, 0.29) is 5.56 Å². The Morgan fingerprint density at radius 1 is 1.31 bits per heavy atom. The molecule has 1 aromatic heterocycles. The van der Waals surface area contributed by atoms with Gasteiger partial charge in [-0.15, -0.1) is 11.3 Å². The van der Waals surface area contributed by atoms with E-state index in [0.717, 1.165) is 23.9 Å². The third-order valence-electron chi connectivity index (χ3n) is 2.11. The van der Waals surface area contributed by atoms with Gasteiger partial charge in [-0.1, -0.05) is 0 Å². The minimum absolute atomic E-state index is 0.202. The van der Waals surface area contributed by atoms with Crippen LogP contribution in [0, 0.1) is 11.6 Å². The highest BCUT2D eigenvalue weighted by atomic mass is 32.1. The van der Waals surface area contributed by atoms with Gasteiger partial charge >= 0.3 is 0 Å². The molecule has 2 N–H and O–H groups in total. The van der Waals surface area contributed by atoms with E-state index < -0.39 is 11.6 Å². The normalized spacial score (nSPS) is 10.7. The first-order chi connectivity index (χ1) is 7.70. The first-order valence-electron chi connectivity index (χ1n) is 4.80. The summed E-state index contributed by atoms with van der Waals surface area (Å²) in [7, 11) is 0. The molecule has 2 aromatic rings. The Hall–Kier alpha value is -1.33. The second-order valence-electron chi connectivity index (χ2n) is 3.31. The summed E-state index contributed by atoms with van der Waals surface area (Å²) in [6.45, 7) is 0.495. The van der Waals surface area contributed by atoms with Crippen LogP contribution in [-0.4, -0.2) is 11.5 Å². The molecule has 0 spiro atoms. The first kappa shape index (κ1) is 11.2. The molecule has 0 radical (unpaired) electrons. The number of halogens is 2. The highest BCUT2D eigenvalue weighted by Gasteiger charge is 2.10. The van der Waals surface area contributed by atoms with Gasteiger partial charge in [0.1, 0.15) is 16.6 Å². The molecule has 0 bridgehead atoms. The monoisotopic (exact) mass is 240 g/mol. The van der Waals surface area contributed by atoms with Crippen LogP contribution in [0.1, 0.15) is 5.69 Å². The van der Waals surface area contributed by atoms with Crippen molar-refractivity contribution in [3.8, 4) is 10.6 Å². The largest absolute Gasteiger partial charge is 0.330 e. The molecule has 0 aliphatic carbocycles. The molecule has 0 saturated carbocycles. The topological polar surface area (TPSA) is 38.9 Å². The zero-order valence-corrected chi connectivity index (χ0v) is 9.23. The second-order valence-corrected chi connectivity index (χ2v) is 4.16. The maximum Gasteiger partial charge on any atom is 0.133 e. The Kier molecular flexibility index (Phi) is 3.26. The number of aromatic nitrogens is 1. The summed E-state index contributed by atoms with van der Waals surface area (Å²) >= 11 is 1.29. The molecule has 0 amide bonds. The highest BCUT2D eigenvalue weighted by molar-refractivity contribution is 7.13. The Morgan fingerprint density at radius 3 is 2.88 bits per heavy atom. The third-order valence-corrected chi connectivity index (χ3v) is 3.04. The Morgan fingerprint density at radius 2 is 2.12 bits per heavy atom. The van der Waals surface area contributed by atoms with Crippen molar-refractivity contribution in [2.75, 3.05) is 6.54 Å². The summed E-state index contributed by atoms with van der Waals surface area (Å²) in [4.78, 5) is 4.20. The number of benzene rings is 1. The zero-order valence-electron chi connectivity index (χ0n) is 8.41.